The van der Waals surface area contributed by atoms with Crippen molar-refractivity contribution >= 4 is 44.7 Å². The maximum absolute atomic E-state index is 13.0. The molecule has 6 heteroatoms. The molecule has 1 aromatic heterocycles. The summed E-state index contributed by atoms with van der Waals surface area (Å²) in [5.74, 6) is -0.345. The van der Waals surface area contributed by atoms with Crippen LogP contribution in [-0.4, -0.2) is 16.8 Å². The molecule has 4 aromatic rings. The minimum atomic E-state index is -0.210. The van der Waals surface area contributed by atoms with E-state index in [0.717, 1.165) is 46.2 Å². The quantitative estimate of drug-likeness (QED) is 0.373. The highest BCUT2D eigenvalue weighted by molar-refractivity contribution is 7.17. The number of amides is 2. The van der Waals surface area contributed by atoms with E-state index >= 15 is 0 Å². The molecule has 172 valence electrons. The van der Waals surface area contributed by atoms with E-state index in [1.807, 2.05) is 32.9 Å². The van der Waals surface area contributed by atoms with E-state index in [9.17, 15) is 9.59 Å². The molecule has 0 aliphatic heterocycles. The van der Waals surface area contributed by atoms with Gasteiger partial charge in [-0.05, 0) is 79.1 Å². The Morgan fingerprint density at radius 3 is 2.38 bits per heavy atom. The Labute approximate surface area is 203 Å². The van der Waals surface area contributed by atoms with Gasteiger partial charge in [0.05, 0.1) is 12.1 Å². The van der Waals surface area contributed by atoms with Crippen LogP contribution in [0, 0.1) is 27.7 Å². The summed E-state index contributed by atoms with van der Waals surface area (Å²) in [5, 5.41) is 8.82. The summed E-state index contributed by atoms with van der Waals surface area (Å²) >= 11 is 1.20. The first-order valence-electron chi connectivity index (χ1n) is 11.5. The van der Waals surface area contributed by atoms with Gasteiger partial charge in [-0.3, -0.25) is 9.59 Å². The van der Waals surface area contributed by atoms with Crippen molar-refractivity contribution < 1.29 is 9.59 Å². The standard InChI is InChI=1S/C28H27N3O2S/c1-15-12-16(2)25(17(3)13-15)31-27(33)26-18(4)29-28(34-26)30-23(32)14-21-11-10-20-9-8-19-6-5-7-22(21)24(19)20/h5-7,10-13H,8-9,14H2,1-4H3,(H,31,33)(H,29,30,32). The lowest BCUT2D eigenvalue weighted by Gasteiger charge is -2.12. The third-order valence-electron chi connectivity index (χ3n) is 6.48. The van der Waals surface area contributed by atoms with Crippen molar-refractivity contribution in [1.29, 1.82) is 0 Å². The summed E-state index contributed by atoms with van der Waals surface area (Å²) in [7, 11) is 0. The summed E-state index contributed by atoms with van der Waals surface area (Å²) in [4.78, 5) is 30.8. The van der Waals surface area contributed by atoms with E-state index in [1.54, 1.807) is 6.92 Å². The molecule has 1 aliphatic carbocycles. The number of nitrogens with zero attached hydrogens (tertiary/aromatic N) is 1. The Hall–Kier alpha value is -3.51. The second-order valence-corrected chi connectivity index (χ2v) is 10.1. The Kier molecular flexibility index (Phi) is 5.70. The predicted octanol–water partition coefficient (Wildman–Crippen LogP) is 6.06. The van der Waals surface area contributed by atoms with Crippen molar-refractivity contribution in [1.82, 2.24) is 4.98 Å². The molecular formula is C28H27N3O2S. The molecule has 1 heterocycles. The fraction of sp³-hybridized carbons (Fsp3) is 0.250. The first-order chi connectivity index (χ1) is 16.3. The van der Waals surface area contributed by atoms with Crippen LogP contribution in [0.3, 0.4) is 0 Å². The van der Waals surface area contributed by atoms with Gasteiger partial charge < -0.3 is 10.6 Å². The fourth-order valence-corrected chi connectivity index (χ4v) is 5.88. The van der Waals surface area contributed by atoms with Crippen molar-refractivity contribution in [2.75, 3.05) is 10.6 Å². The second kappa shape index (κ2) is 8.69. The van der Waals surface area contributed by atoms with Gasteiger partial charge in [0.15, 0.2) is 5.13 Å². The largest absolute Gasteiger partial charge is 0.321 e. The minimum Gasteiger partial charge on any atom is -0.321 e. The Morgan fingerprint density at radius 2 is 1.65 bits per heavy atom. The van der Waals surface area contributed by atoms with Crippen LogP contribution in [0.5, 0.6) is 0 Å². The Balaban J connectivity index is 1.32. The van der Waals surface area contributed by atoms with Crippen LogP contribution in [0.2, 0.25) is 0 Å². The number of hydrogen-bond acceptors (Lipinski definition) is 4. The monoisotopic (exact) mass is 469 g/mol. The number of hydrogen-bond donors (Lipinski definition) is 2. The lowest BCUT2D eigenvalue weighted by atomic mass is 9.98. The molecule has 0 bridgehead atoms. The molecule has 0 radical (unpaired) electrons. The first-order valence-corrected chi connectivity index (χ1v) is 12.3. The number of anilines is 2. The summed E-state index contributed by atoms with van der Waals surface area (Å²) in [6.45, 7) is 7.80. The molecule has 0 saturated heterocycles. The second-order valence-electron chi connectivity index (χ2n) is 9.11. The number of thiazole rings is 1. The van der Waals surface area contributed by atoms with E-state index in [4.69, 9.17) is 0 Å². The third kappa shape index (κ3) is 4.10. The minimum absolute atomic E-state index is 0.135. The van der Waals surface area contributed by atoms with Gasteiger partial charge in [0.25, 0.3) is 5.91 Å². The number of carbonyl (C=O) groups is 2. The van der Waals surface area contributed by atoms with Gasteiger partial charge in [-0.25, -0.2) is 4.98 Å². The number of aromatic nitrogens is 1. The van der Waals surface area contributed by atoms with Gasteiger partial charge in [0.2, 0.25) is 5.91 Å². The highest BCUT2D eigenvalue weighted by atomic mass is 32.1. The van der Waals surface area contributed by atoms with Crippen LogP contribution in [-0.2, 0) is 24.1 Å². The van der Waals surface area contributed by atoms with E-state index < -0.39 is 0 Å². The van der Waals surface area contributed by atoms with E-state index in [0.29, 0.717) is 15.7 Å². The van der Waals surface area contributed by atoms with E-state index in [2.05, 4.69) is 45.9 Å². The molecule has 34 heavy (non-hydrogen) atoms. The Morgan fingerprint density at radius 1 is 0.941 bits per heavy atom. The first kappa shape index (κ1) is 22.3. The topological polar surface area (TPSA) is 71.1 Å². The predicted molar refractivity (Wildman–Crippen MR) is 139 cm³/mol. The van der Waals surface area contributed by atoms with Gasteiger partial charge in [0.1, 0.15) is 4.88 Å². The average Bonchev–Trinajstić information content (AvgIpc) is 3.36. The van der Waals surface area contributed by atoms with Gasteiger partial charge in [-0.15, -0.1) is 0 Å². The van der Waals surface area contributed by atoms with Crippen molar-refractivity contribution in [2.24, 2.45) is 0 Å². The van der Waals surface area contributed by atoms with Crippen LogP contribution < -0.4 is 10.6 Å². The molecule has 0 spiro atoms. The molecule has 5 rings (SSSR count). The normalized spacial score (nSPS) is 12.2. The molecule has 3 aromatic carbocycles. The summed E-state index contributed by atoms with van der Waals surface area (Å²) in [5.41, 5.74) is 8.36. The molecular weight excluding hydrogens is 442 g/mol. The highest BCUT2D eigenvalue weighted by Gasteiger charge is 2.20. The van der Waals surface area contributed by atoms with Crippen molar-refractivity contribution in [3.05, 3.63) is 86.4 Å². The number of benzene rings is 3. The molecule has 0 atom stereocenters. The molecule has 1 aliphatic rings. The summed E-state index contributed by atoms with van der Waals surface area (Å²) < 4.78 is 0. The molecule has 2 N–H and O–H groups in total. The van der Waals surface area contributed by atoms with Gasteiger partial charge in [-0.2, -0.15) is 0 Å². The van der Waals surface area contributed by atoms with E-state index in [1.165, 1.54) is 27.8 Å². The highest BCUT2D eigenvalue weighted by Crippen LogP contribution is 2.33. The van der Waals surface area contributed by atoms with Gasteiger partial charge >= 0.3 is 0 Å². The smallest absolute Gasteiger partial charge is 0.267 e. The van der Waals surface area contributed by atoms with Crippen molar-refractivity contribution in [2.45, 2.75) is 47.0 Å². The van der Waals surface area contributed by atoms with Gasteiger partial charge in [-0.1, -0.05) is 59.4 Å². The molecule has 0 saturated carbocycles. The van der Waals surface area contributed by atoms with E-state index in [-0.39, 0.29) is 18.2 Å². The number of carbonyl (C=O) groups excluding carboxylic acids is 2. The van der Waals surface area contributed by atoms with Crippen LogP contribution >= 0.6 is 11.3 Å². The molecule has 2 amide bonds. The lowest BCUT2D eigenvalue weighted by molar-refractivity contribution is -0.115. The van der Waals surface area contributed by atoms with Crippen LogP contribution in [0.25, 0.3) is 10.8 Å². The van der Waals surface area contributed by atoms with Crippen LogP contribution in [0.15, 0.2) is 42.5 Å². The zero-order chi connectivity index (χ0) is 24.0. The molecule has 0 unspecified atom stereocenters. The number of rotatable bonds is 5. The average molecular weight is 470 g/mol. The fourth-order valence-electron chi connectivity index (χ4n) is 5.01. The summed E-state index contributed by atoms with van der Waals surface area (Å²) in [6.07, 6.45) is 2.39. The summed E-state index contributed by atoms with van der Waals surface area (Å²) in [6, 6.07) is 14.6. The lowest BCUT2D eigenvalue weighted by Crippen LogP contribution is -2.14. The third-order valence-corrected chi connectivity index (χ3v) is 7.55. The van der Waals surface area contributed by atoms with Crippen molar-refractivity contribution in [3.8, 4) is 0 Å². The maximum Gasteiger partial charge on any atom is 0.267 e. The van der Waals surface area contributed by atoms with Gasteiger partial charge in [0, 0.05) is 5.69 Å². The maximum atomic E-state index is 13.0. The van der Waals surface area contributed by atoms with Crippen molar-refractivity contribution in [3.63, 3.8) is 0 Å². The van der Waals surface area contributed by atoms with Crippen LogP contribution in [0.4, 0.5) is 10.8 Å². The number of aryl methyl sites for hydroxylation is 6. The Bertz CT molecular complexity index is 1440. The number of nitrogens with one attached hydrogen (secondary N) is 2. The zero-order valence-electron chi connectivity index (χ0n) is 19.8. The SMILES string of the molecule is Cc1cc(C)c(NC(=O)c2sc(NC(=O)Cc3ccc4c5c(cccc35)CC4)nc2C)c(C)c1. The zero-order valence-corrected chi connectivity index (χ0v) is 20.7. The van der Waals surface area contributed by atoms with Crippen LogP contribution in [0.1, 0.15) is 48.7 Å². The molecule has 5 nitrogen and oxygen atoms in total. The molecule has 0 fully saturated rings.